The molecule has 0 saturated carbocycles. The predicted molar refractivity (Wildman–Crippen MR) is 70.7 cm³/mol. The van der Waals surface area contributed by atoms with Crippen molar-refractivity contribution in [3.8, 4) is 5.75 Å². The minimum Gasteiger partial charge on any atom is -0.484 e. The van der Waals surface area contributed by atoms with Crippen LogP contribution in [0, 0.1) is 27.8 Å². The molecule has 100 valence electrons. The van der Waals surface area contributed by atoms with Crippen LogP contribution in [0.3, 0.4) is 0 Å². The summed E-state index contributed by atoms with van der Waals surface area (Å²) in [7, 11) is 0. The first-order valence-corrected chi connectivity index (χ1v) is 6.27. The lowest BCUT2D eigenvalue weighted by Crippen LogP contribution is -2.20. The van der Waals surface area contributed by atoms with Crippen molar-refractivity contribution in [3.05, 3.63) is 34.1 Å². The number of nitro groups is 1. The van der Waals surface area contributed by atoms with Gasteiger partial charge in [-0.15, -0.1) is 0 Å². The van der Waals surface area contributed by atoms with E-state index in [1.54, 1.807) is 0 Å². The molecule has 0 saturated heterocycles. The molecule has 1 atom stereocenters. The van der Waals surface area contributed by atoms with E-state index in [-0.39, 0.29) is 24.0 Å². The molecule has 0 fully saturated rings. The molecule has 0 amide bonds. The van der Waals surface area contributed by atoms with Crippen molar-refractivity contribution in [2.45, 2.75) is 13.8 Å². The number of rotatable bonds is 6. The van der Waals surface area contributed by atoms with E-state index in [0.29, 0.717) is 11.7 Å². The van der Waals surface area contributed by atoms with Crippen LogP contribution >= 0.6 is 12.6 Å². The Morgan fingerprint density at radius 3 is 2.67 bits per heavy atom. The quantitative estimate of drug-likeness (QED) is 0.491. The molecule has 0 aromatic heterocycles. The summed E-state index contributed by atoms with van der Waals surface area (Å²) in [4.78, 5) is 10.1. The lowest BCUT2D eigenvalue weighted by atomic mass is 9.99. The van der Waals surface area contributed by atoms with Gasteiger partial charge in [0.1, 0.15) is 0 Å². The molecule has 1 unspecified atom stereocenters. The fourth-order valence-corrected chi connectivity index (χ4v) is 1.96. The van der Waals surface area contributed by atoms with Crippen molar-refractivity contribution in [1.82, 2.24) is 0 Å². The lowest BCUT2D eigenvalue weighted by molar-refractivity contribution is -0.386. The molecule has 0 spiro atoms. The van der Waals surface area contributed by atoms with Crippen LogP contribution in [0.25, 0.3) is 0 Å². The predicted octanol–water partition coefficient (Wildman–Crippen LogP) is 3.31. The van der Waals surface area contributed by atoms with Crippen LogP contribution in [-0.2, 0) is 0 Å². The van der Waals surface area contributed by atoms with Crippen molar-refractivity contribution in [2.24, 2.45) is 11.8 Å². The van der Waals surface area contributed by atoms with Crippen molar-refractivity contribution >= 4 is 18.3 Å². The Hall–Kier alpha value is -1.30. The molecule has 1 aromatic rings. The maximum Gasteiger partial charge on any atom is 0.314 e. The summed E-state index contributed by atoms with van der Waals surface area (Å²) in [5, 5.41) is 10.8. The monoisotopic (exact) mass is 273 g/mol. The average molecular weight is 273 g/mol. The molecule has 0 radical (unpaired) electrons. The summed E-state index contributed by atoms with van der Waals surface area (Å²) < 4.78 is 18.8. The van der Waals surface area contributed by atoms with Crippen LogP contribution in [0.4, 0.5) is 10.1 Å². The van der Waals surface area contributed by atoms with Gasteiger partial charge in [-0.1, -0.05) is 19.9 Å². The highest BCUT2D eigenvalue weighted by Gasteiger charge is 2.21. The maximum atomic E-state index is 13.5. The molecular formula is C12H16FNO3S. The van der Waals surface area contributed by atoms with Crippen molar-refractivity contribution in [2.75, 3.05) is 12.4 Å². The Bertz CT molecular complexity index is 426. The Morgan fingerprint density at radius 2 is 2.17 bits per heavy atom. The van der Waals surface area contributed by atoms with Gasteiger partial charge in [0.2, 0.25) is 5.75 Å². The number of nitrogens with zero attached hydrogens (tertiary/aromatic N) is 1. The number of benzene rings is 1. The van der Waals surface area contributed by atoms with E-state index >= 15 is 0 Å². The minimum atomic E-state index is -0.717. The maximum absolute atomic E-state index is 13.5. The first-order chi connectivity index (χ1) is 8.47. The zero-order valence-electron chi connectivity index (χ0n) is 10.3. The number of thiol groups is 1. The molecule has 0 N–H and O–H groups in total. The number of hydrogen-bond donors (Lipinski definition) is 1. The van der Waals surface area contributed by atoms with E-state index in [4.69, 9.17) is 4.74 Å². The molecule has 0 aliphatic heterocycles. The van der Waals surface area contributed by atoms with Gasteiger partial charge >= 0.3 is 5.69 Å². The van der Waals surface area contributed by atoms with Crippen LogP contribution in [0.5, 0.6) is 5.75 Å². The van der Waals surface area contributed by atoms with Gasteiger partial charge in [-0.25, -0.2) is 4.39 Å². The van der Waals surface area contributed by atoms with E-state index in [2.05, 4.69) is 12.6 Å². The Labute approximate surface area is 111 Å². The second kappa shape index (κ2) is 6.58. The normalized spacial score (nSPS) is 12.5. The zero-order chi connectivity index (χ0) is 13.7. The zero-order valence-corrected chi connectivity index (χ0v) is 11.2. The number of halogens is 1. The molecule has 0 heterocycles. The van der Waals surface area contributed by atoms with E-state index in [9.17, 15) is 14.5 Å². The van der Waals surface area contributed by atoms with Gasteiger partial charge in [0, 0.05) is 12.0 Å². The van der Waals surface area contributed by atoms with Gasteiger partial charge in [-0.3, -0.25) is 10.1 Å². The number of nitro benzene ring substituents is 1. The van der Waals surface area contributed by atoms with Gasteiger partial charge in [-0.05, 0) is 17.7 Å². The summed E-state index contributed by atoms with van der Waals surface area (Å²) in [6.45, 7) is 4.21. The third-order valence-electron chi connectivity index (χ3n) is 2.76. The number of hydrogen-bond acceptors (Lipinski definition) is 4. The highest BCUT2D eigenvalue weighted by Crippen LogP contribution is 2.30. The Balaban J connectivity index is 2.87. The van der Waals surface area contributed by atoms with Crippen LogP contribution < -0.4 is 4.74 Å². The highest BCUT2D eigenvalue weighted by atomic mass is 32.1. The summed E-state index contributed by atoms with van der Waals surface area (Å²) in [6.07, 6.45) is 0. The lowest BCUT2D eigenvalue weighted by Gasteiger charge is -2.19. The van der Waals surface area contributed by atoms with Gasteiger partial charge < -0.3 is 4.74 Å². The SMILES string of the molecule is CC(C)C(CS)COc1c(F)cccc1[N+](=O)[O-]. The fourth-order valence-electron chi connectivity index (χ4n) is 1.43. The van der Waals surface area contributed by atoms with Crippen molar-refractivity contribution in [1.29, 1.82) is 0 Å². The van der Waals surface area contributed by atoms with Crippen LogP contribution in [0.1, 0.15) is 13.8 Å². The van der Waals surface area contributed by atoms with Crippen LogP contribution in [0.2, 0.25) is 0 Å². The number of ether oxygens (including phenoxy) is 1. The van der Waals surface area contributed by atoms with Gasteiger partial charge in [0.05, 0.1) is 11.5 Å². The first-order valence-electron chi connectivity index (χ1n) is 5.64. The van der Waals surface area contributed by atoms with Crippen LogP contribution in [-0.4, -0.2) is 17.3 Å². The second-order valence-electron chi connectivity index (χ2n) is 4.34. The summed E-state index contributed by atoms with van der Waals surface area (Å²) >= 11 is 4.19. The Morgan fingerprint density at radius 1 is 1.50 bits per heavy atom. The molecule has 18 heavy (non-hydrogen) atoms. The van der Waals surface area contributed by atoms with E-state index < -0.39 is 10.7 Å². The van der Waals surface area contributed by atoms with E-state index in [1.165, 1.54) is 12.1 Å². The molecule has 0 aliphatic rings. The molecule has 1 aromatic carbocycles. The third kappa shape index (κ3) is 3.60. The summed E-state index contributed by atoms with van der Waals surface area (Å²) in [5.41, 5.74) is -0.350. The van der Waals surface area contributed by atoms with Gasteiger partial charge in [0.25, 0.3) is 0 Å². The molecular weight excluding hydrogens is 257 g/mol. The van der Waals surface area contributed by atoms with E-state index in [1.807, 2.05) is 13.8 Å². The molecule has 4 nitrogen and oxygen atoms in total. The molecule has 0 bridgehead atoms. The first kappa shape index (κ1) is 14.8. The highest BCUT2D eigenvalue weighted by molar-refractivity contribution is 7.80. The minimum absolute atomic E-state index is 0.118. The van der Waals surface area contributed by atoms with Gasteiger partial charge in [-0.2, -0.15) is 12.6 Å². The van der Waals surface area contributed by atoms with E-state index in [0.717, 1.165) is 6.07 Å². The van der Waals surface area contributed by atoms with Crippen molar-refractivity contribution < 1.29 is 14.1 Å². The molecule has 0 aliphatic carbocycles. The van der Waals surface area contributed by atoms with Crippen LogP contribution in [0.15, 0.2) is 18.2 Å². The molecule has 6 heteroatoms. The third-order valence-corrected chi connectivity index (χ3v) is 3.23. The summed E-state index contributed by atoms with van der Waals surface area (Å²) in [5.74, 6) is 0.00147. The fraction of sp³-hybridized carbons (Fsp3) is 0.500. The standard InChI is InChI=1S/C12H16FNO3S/c1-8(2)9(7-18)6-17-12-10(13)4-3-5-11(12)14(15)16/h3-5,8-9,18H,6-7H2,1-2H3. The van der Waals surface area contributed by atoms with Gasteiger partial charge in [0.15, 0.2) is 5.82 Å². The largest absolute Gasteiger partial charge is 0.484 e. The number of para-hydroxylation sites is 1. The summed E-state index contributed by atoms with van der Waals surface area (Å²) in [6, 6.07) is 3.66. The Kier molecular flexibility index (Phi) is 5.40. The van der Waals surface area contributed by atoms with Crippen molar-refractivity contribution in [3.63, 3.8) is 0 Å². The topological polar surface area (TPSA) is 52.4 Å². The smallest absolute Gasteiger partial charge is 0.314 e. The molecule has 1 rings (SSSR count). The average Bonchev–Trinajstić information content (AvgIpc) is 2.30. The second-order valence-corrected chi connectivity index (χ2v) is 4.71.